The SMILES string of the molecule is Cc1ncc(CN[C@H]2CCO[C@@H]2c2cccnc2)n1C. The van der Waals surface area contributed by atoms with E-state index in [0.717, 1.165) is 31.0 Å². The fourth-order valence-electron chi connectivity index (χ4n) is 2.62. The van der Waals surface area contributed by atoms with E-state index in [1.807, 2.05) is 32.4 Å². The van der Waals surface area contributed by atoms with Crippen LogP contribution < -0.4 is 5.32 Å². The second-order valence-electron chi connectivity index (χ2n) is 5.21. The summed E-state index contributed by atoms with van der Waals surface area (Å²) in [6.45, 7) is 3.62. The molecule has 0 unspecified atom stereocenters. The van der Waals surface area contributed by atoms with Gasteiger partial charge in [-0.2, -0.15) is 0 Å². The Hall–Kier alpha value is -1.72. The van der Waals surface area contributed by atoms with E-state index < -0.39 is 0 Å². The van der Waals surface area contributed by atoms with Crippen molar-refractivity contribution in [1.82, 2.24) is 19.9 Å². The smallest absolute Gasteiger partial charge is 0.105 e. The van der Waals surface area contributed by atoms with Crippen molar-refractivity contribution in [3.8, 4) is 0 Å². The minimum absolute atomic E-state index is 0.0954. The van der Waals surface area contributed by atoms with Crippen molar-refractivity contribution in [2.75, 3.05) is 6.61 Å². The van der Waals surface area contributed by atoms with Gasteiger partial charge >= 0.3 is 0 Å². The van der Waals surface area contributed by atoms with Gasteiger partial charge in [0.05, 0.1) is 11.8 Å². The Morgan fingerprint density at radius 2 is 2.35 bits per heavy atom. The number of hydrogen-bond donors (Lipinski definition) is 1. The highest BCUT2D eigenvalue weighted by atomic mass is 16.5. The van der Waals surface area contributed by atoms with Crippen molar-refractivity contribution in [3.63, 3.8) is 0 Å². The molecular weight excluding hydrogens is 252 g/mol. The molecule has 0 aromatic carbocycles. The molecule has 0 spiro atoms. The minimum Gasteiger partial charge on any atom is -0.372 e. The van der Waals surface area contributed by atoms with Gasteiger partial charge in [-0.1, -0.05) is 6.07 Å². The van der Waals surface area contributed by atoms with E-state index in [1.165, 1.54) is 5.69 Å². The number of hydrogen-bond acceptors (Lipinski definition) is 4. The third kappa shape index (κ3) is 2.59. The van der Waals surface area contributed by atoms with Crippen LogP contribution in [0.2, 0.25) is 0 Å². The van der Waals surface area contributed by atoms with Crippen LogP contribution in [0.25, 0.3) is 0 Å². The predicted molar refractivity (Wildman–Crippen MR) is 76.1 cm³/mol. The van der Waals surface area contributed by atoms with Crippen LogP contribution in [0.1, 0.15) is 29.6 Å². The van der Waals surface area contributed by atoms with E-state index in [2.05, 4.69) is 25.9 Å². The molecule has 20 heavy (non-hydrogen) atoms. The number of aromatic nitrogens is 3. The highest BCUT2D eigenvalue weighted by molar-refractivity contribution is 5.16. The topological polar surface area (TPSA) is 52.0 Å². The fourth-order valence-corrected chi connectivity index (χ4v) is 2.62. The molecule has 1 fully saturated rings. The zero-order valence-electron chi connectivity index (χ0n) is 11.9. The molecular formula is C15H20N4O. The lowest BCUT2D eigenvalue weighted by Gasteiger charge is -2.20. The third-order valence-electron chi connectivity index (χ3n) is 3.97. The molecule has 0 aliphatic carbocycles. The monoisotopic (exact) mass is 272 g/mol. The molecule has 0 radical (unpaired) electrons. The predicted octanol–water partition coefficient (Wildman–Crippen LogP) is 1.74. The Bertz CT molecular complexity index is 567. The lowest BCUT2D eigenvalue weighted by atomic mass is 10.0. The van der Waals surface area contributed by atoms with Gasteiger partial charge in [0, 0.05) is 50.4 Å². The molecule has 3 heterocycles. The summed E-state index contributed by atoms with van der Waals surface area (Å²) in [7, 11) is 2.04. The summed E-state index contributed by atoms with van der Waals surface area (Å²) in [5.41, 5.74) is 2.34. The Labute approximate surface area is 119 Å². The molecule has 5 nitrogen and oxygen atoms in total. The van der Waals surface area contributed by atoms with Crippen LogP contribution in [0.5, 0.6) is 0 Å². The summed E-state index contributed by atoms with van der Waals surface area (Å²) in [5.74, 6) is 1.04. The van der Waals surface area contributed by atoms with Crippen molar-refractivity contribution in [2.24, 2.45) is 7.05 Å². The molecule has 1 saturated heterocycles. The highest BCUT2D eigenvalue weighted by Crippen LogP contribution is 2.28. The maximum atomic E-state index is 5.85. The molecule has 0 amide bonds. The van der Waals surface area contributed by atoms with Crippen molar-refractivity contribution >= 4 is 0 Å². The number of nitrogens with one attached hydrogen (secondary N) is 1. The van der Waals surface area contributed by atoms with Gasteiger partial charge in [0.2, 0.25) is 0 Å². The maximum Gasteiger partial charge on any atom is 0.105 e. The number of pyridine rings is 1. The Kier molecular flexibility index (Phi) is 3.80. The van der Waals surface area contributed by atoms with Crippen LogP contribution in [-0.4, -0.2) is 27.2 Å². The molecule has 0 saturated carbocycles. The number of ether oxygens (including phenoxy) is 1. The fraction of sp³-hybridized carbons (Fsp3) is 0.467. The largest absolute Gasteiger partial charge is 0.372 e. The van der Waals surface area contributed by atoms with E-state index in [9.17, 15) is 0 Å². The first-order valence-corrected chi connectivity index (χ1v) is 6.98. The molecule has 2 aromatic heterocycles. The summed E-state index contributed by atoms with van der Waals surface area (Å²) >= 11 is 0. The van der Waals surface area contributed by atoms with E-state index in [-0.39, 0.29) is 6.10 Å². The molecule has 106 valence electrons. The molecule has 2 atom stereocenters. The lowest BCUT2D eigenvalue weighted by Crippen LogP contribution is -2.31. The summed E-state index contributed by atoms with van der Waals surface area (Å²) in [6.07, 6.45) is 6.73. The molecule has 1 N–H and O–H groups in total. The van der Waals surface area contributed by atoms with Crippen LogP contribution in [-0.2, 0) is 18.3 Å². The van der Waals surface area contributed by atoms with E-state index >= 15 is 0 Å². The van der Waals surface area contributed by atoms with Crippen LogP contribution in [0.3, 0.4) is 0 Å². The standard InChI is InChI=1S/C15H20N4O/c1-11-17-9-13(19(11)2)10-18-14-5-7-20-15(14)12-4-3-6-16-8-12/h3-4,6,8-9,14-15,18H,5,7,10H2,1-2H3/t14-,15+/m0/s1. The number of nitrogens with zero attached hydrogens (tertiary/aromatic N) is 3. The normalized spacial score (nSPS) is 22.3. The van der Waals surface area contributed by atoms with Gasteiger partial charge < -0.3 is 14.6 Å². The third-order valence-corrected chi connectivity index (χ3v) is 3.97. The van der Waals surface area contributed by atoms with Crippen LogP contribution in [0, 0.1) is 6.92 Å². The van der Waals surface area contributed by atoms with Crippen molar-refractivity contribution in [2.45, 2.75) is 32.0 Å². The van der Waals surface area contributed by atoms with Gasteiger partial charge in [0.1, 0.15) is 5.82 Å². The van der Waals surface area contributed by atoms with Crippen molar-refractivity contribution in [1.29, 1.82) is 0 Å². The van der Waals surface area contributed by atoms with Crippen LogP contribution >= 0.6 is 0 Å². The lowest BCUT2D eigenvalue weighted by molar-refractivity contribution is 0.0981. The Morgan fingerprint density at radius 3 is 3.05 bits per heavy atom. The second kappa shape index (κ2) is 5.73. The second-order valence-corrected chi connectivity index (χ2v) is 5.21. The van der Waals surface area contributed by atoms with Gasteiger partial charge in [-0.3, -0.25) is 4.98 Å². The van der Waals surface area contributed by atoms with Gasteiger partial charge in [0.25, 0.3) is 0 Å². The van der Waals surface area contributed by atoms with Gasteiger partial charge in [-0.15, -0.1) is 0 Å². The van der Waals surface area contributed by atoms with Crippen LogP contribution in [0.4, 0.5) is 0 Å². The Morgan fingerprint density at radius 1 is 1.45 bits per heavy atom. The highest BCUT2D eigenvalue weighted by Gasteiger charge is 2.29. The first-order chi connectivity index (χ1) is 9.75. The van der Waals surface area contributed by atoms with E-state index in [0.29, 0.717) is 6.04 Å². The zero-order chi connectivity index (χ0) is 13.9. The number of imidazole rings is 1. The molecule has 2 aromatic rings. The number of rotatable bonds is 4. The van der Waals surface area contributed by atoms with Gasteiger partial charge in [0.15, 0.2) is 0 Å². The maximum absolute atomic E-state index is 5.85. The van der Waals surface area contributed by atoms with Crippen molar-refractivity contribution in [3.05, 3.63) is 47.8 Å². The summed E-state index contributed by atoms with van der Waals surface area (Å²) < 4.78 is 7.96. The number of aryl methyl sites for hydroxylation is 1. The molecule has 5 heteroatoms. The van der Waals surface area contributed by atoms with Gasteiger partial charge in [-0.25, -0.2) is 4.98 Å². The first-order valence-electron chi connectivity index (χ1n) is 6.98. The Balaban J connectivity index is 1.66. The van der Waals surface area contributed by atoms with Crippen LogP contribution in [0.15, 0.2) is 30.7 Å². The minimum atomic E-state index is 0.0954. The summed E-state index contributed by atoms with van der Waals surface area (Å²) in [4.78, 5) is 8.50. The molecule has 0 bridgehead atoms. The van der Waals surface area contributed by atoms with E-state index in [1.54, 1.807) is 6.20 Å². The zero-order valence-corrected chi connectivity index (χ0v) is 11.9. The average molecular weight is 272 g/mol. The molecule has 1 aliphatic heterocycles. The first kappa shape index (κ1) is 13.3. The quantitative estimate of drug-likeness (QED) is 0.921. The van der Waals surface area contributed by atoms with Crippen molar-refractivity contribution < 1.29 is 4.74 Å². The molecule has 3 rings (SSSR count). The average Bonchev–Trinajstić information content (AvgIpc) is 3.07. The van der Waals surface area contributed by atoms with E-state index in [4.69, 9.17) is 4.74 Å². The van der Waals surface area contributed by atoms with Gasteiger partial charge in [-0.05, 0) is 19.4 Å². The summed E-state index contributed by atoms with van der Waals surface area (Å²) in [5, 5.41) is 3.59. The molecule has 1 aliphatic rings. The summed E-state index contributed by atoms with van der Waals surface area (Å²) in [6, 6.07) is 4.36.